The van der Waals surface area contributed by atoms with E-state index in [1.54, 1.807) is 0 Å². The van der Waals surface area contributed by atoms with Gasteiger partial charge in [-0.3, -0.25) is 4.79 Å². The second-order valence-electron chi connectivity index (χ2n) is 19.6. The molecule has 0 N–H and O–H groups in total. The summed E-state index contributed by atoms with van der Waals surface area (Å²) in [4.78, 5) is 12.1. The quantitative estimate of drug-likeness (QED) is 0.0451. The van der Waals surface area contributed by atoms with Gasteiger partial charge >= 0.3 is 5.97 Å². The average Bonchev–Trinajstić information content (AvgIpc) is 3.24. The number of hydrogen-bond donors (Lipinski definition) is 0. The zero-order valence-corrected chi connectivity index (χ0v) is 41.5. The van der Waals surface area contributed by atoms with Crippen molar-refractivity contribution in [3.63, 3.8) is 0 Å². The van der Waals surface area contributed by atoms with Crippen LogP contribution in [0, 0.1) is 0 Å². The summed E-state index contributed by atoms with van der Waals surface area (Å²) < 4.78 is 5.51. The maximum atomic E-state index is 12.1. The largest absolute Gasteiger partial charge is 0.466 e. The highest BCUT2D eigenvalue weighted by molar-refractivity contribution is 5.69. The minimum Gasteiger partial charge on any atom is -0.466 e. The summed E-state index contributed by atoms with van der Waals surface area (Å²) in [6.07, 6.45) is 74.3. The first-order valence-corrected chi connectivity index (χ1v) is 28.5. The zero-order chi connectivity index (χ0) is 42.5. The first kappa shape index (κ1) is 58.5. The molecule has 0 rings (SSSR count). The predicted molar refractivity (Wildman–Crippen MR) is 267 cm³/mol. The van der Waals surface area contributed by atoms with Gasteiger partial charge in [0.2, 0.25) is 0 Å². The van der Waals surface area contributed by atoms with Crippen molar-refractivity contribution < 1.29 is 9.53 Å². The van der Waals surface area contributed by atoms with Crippen molar-refractivity contribution in [2.45, 2.75) is 354 Å². The van der Waals surface area contributed by atoms with Gasteiger partial charge in [0.05, 0.1) is 6.61 Å². The molecule has 0 saturated heterocycles. The lowest BCUT2D eigenvalue weighted by Crippen LogP contribution is -2.05. The smallest absolute Gasteiger partial charge is 0.305 e. The topological polar surface area (TPSA) is 26.3 Å². The molecule has 59 heavy (non-hydrogen) atoms. The monoisotopic (exact) mass is 831 g/mol. The normalized spacial score (nSPS) is 11.6. The Bertz CT molecular complexity index is 732. The number of esters is 1. The van der Waals surface area contributed by atoms with Crippen molar-refractivity contribution in [2.24, 2.45) is 0 Å². The zero-order valence-electron chi connectivity index (χ0n) is 41.5. The molecule has 0 saturated carbocycles. The van der Waals surface area contributed by atoms with Crippen molar-refractivity contribution in [1.82, 2.24) is 0 Å². The molecule has 2 heteroatoms. The van der Waals surface area contributed by atoms with Gasteiger partial charge in [0.1, 0.15) is 0 Å². The molecule has 0 atom stereocenters. The van der Waals surface area contributed by atoms with E-state index in [0.29, 0.717) is 13.0 Å². The predicted octanol–water partition coefficient (Wildman–Crippen LogP) is 21.2. The van der Waals surface area contributed by atoms with E-state index in [1.807, 2.05) is 0 Å². The van der Waals surface area contributed by atoms with Crippen LogP contribution in [0.15, 0.2) is 0 Å². The lowest BCUT2D eigenvalue weighted by molar-refractivity contribution is -0.143. The fourth-order valence-corrected chi connectivity index (χ4v) is 9.26. The standard InChI is InChI=1S/C57H114O2/c1-3-5-7-9-11-13-15-17-19-21-23-25-27-28-29-30-31-32-33-34-36-38-40-42-44-46-48-50-52-54-56-59-57(58)55-53-51-49-47-45-43-41-39-37-35-26-24-22-20-18-16-14-12-10-8-6-4-2/h3-56H2,1-2H3. The highest BCUT2D eigenvalue weighted by atomic mass is 16.5. The van der Waals surface area contributed by atoms with Crippen LogP contribution in [0.1, 0.15) is 354 Å². The van der Waals surface area contributed by atoms with Crippen LogP contribution in [0.25, 0.3) is 0 Å². The molecule has 0 unspecified atom stereocenters. The van der Waals surface area contributed by atoms with Crippen LogP contribution in [0.5, 0.6) is 0 Å². The molecule has 0 aliphatic heterocycles. The van der Waals surface area contributed by atoms with Crippen LogP contribution in [-0.2, 0) is 9.53 Å². The summed E-state index contributed by atoms with van der Waals surface area (Å²) in [5.41, 5.74) is 0. The summed E-state index contributed by atoms with van der Waals surface area (Å²) in [6.45, 7) is 5.25. The highest BCUT2D eigenvalue weighted by Gasteiger charge is 2.03. The first-order chi connectivity index (χ1) is 29.3. The van der Waals surface area contributed by atoms with Crippen LogP contribution in [0.3, 0.4) is 0 Å². The van der Waals surface area contributed by atoms with E-state index in [4.69, 9.17) is 4.74 Å². The molecule has 0 aromatic heterocycles. The molecular weight excluding hydrogens is 717 g/mol. The summed E-state index contributed by atoms with van der Waals surface area (Å²) in [5, 5.41) is 0. The average molecular weight is 832 g/mol. The van der Waals surface area contributed by atoms with E-state index in [-0.39, 0.29) is 5.97 Å². The van der Waals surface area contributed by atoms with Gasteiger partial charge in [0.25, 0.3) is 0 Å². The van der Waals surface area contributed by atoms with Crippen molar-refractivity contribution in [2.75, 3.05) is 6.61 Å². The summed E-state index contributed by atoms with van der Waals surface area (Å²) >= 11 is 0. The minimum atomic E-state index is 0.0357. The van der Waals surface area contributed by atoms with E-state index in [1.165, 1.54) is 321 Å². The molecular formula is C57H114O2. The van der Waals surface area contributed by atoms with Crippen LogP contribution in [0.4, 0.5) is 0 Å². The van der Waals surface area contributed by atoms with E-state index < -0.39 is 0 Å². The fraction of sp³-hybridized carbons (Fsp3) is 0.982. The van der Waals surface area contributed by atoms with Gasteiger partial charge in [-0.05, 0) is 12.8 Å². The summed E-state index contributed by atoms with van der Waals surface area (Å²) in [6, 6.07) is 0. The molecule has 0 spiro atoms. The van der Waals surface area contributed by atoms with Crippen LogP contribution >= 0.6 is 0 Å². The van der Waals surface area contributed by atoms with E-state index in [2.05, 4.69) is 13.8 Å². The second-order valence-corrected chi connectivity index (χ2v) is 19.6. The number of carbonyl (C=O) groups is 1. The molecule has 0 heterocycles. The van der Waals surface area contributed by atoms with Crippen molar-refractivity contribution in [3.8, 4) is 0 Å². The third-order valence-corrected chi connectivity index (χ3v) is 13.5. The maximum Gasteiger partial charge on any atom is 0.305 e. The molecule has 2 nitrogen and oxygen atoms in total. The molecule has 0 aliphatic rings. The van der Waals surface area contributed by atoms with Crippen molar-refractivity contribution in [3.05, 3.63) is 0 Å². The van der Waals surface area contributed by atoms with E-state index >= 15 is 0 Å². The molecule has 0 amide bonds. The Labute approximate surface area is 374 Å². The summed E-state index contributed by atoms with van der Waals surface area (Å²) in [7, 11) is 0. The van der Waals surface area contributed by atoms with Gasteiger partial charge in [-0.25, -0.2) is 0 Å². The van der Waals surface area contributed by atoms with Gasteiger partial charge in [-0.2, -0.15) is 0 Å². The fourth-order valence-electron chi connectivity index (χ4n) is 9.26. The first-order valence-electron chi connectivity index (χ1n) is 28.5. The Kier molecular flexibility index (Phi) is 55.0. The molecule has 0 radical (unpaired) electrons. The third-order valence-electron chi connectivity index (χ3n) is 13.5. The number of carbonyl (C=O) groups excluding carboxylic acids is 1. The Hall–Kier alpha value is -0.530. The molecule has 0 bridgehead atoms. The number of ether oxygens (including phenoxy) is 1. The van der Waals surface area contributed by atoms with Gasteiger partial charge in [0.15, 0.2) is 0 Å². The number of rotatable bonds is 54. The molecule has 0 aliphatic carbocycles. The van der Waals surface area contributed by atoms with Gasteiger partial charge in [0, 0.05) is 6.42 Å². The molecule has 0 fully saturated rings. The summed E-state index contributed by atoms with van der Waals surface area (Å²) in [5.74, 6) is 0.0357. The Morgan fingerprint density at radius 3 is 0.559 bits per heavy atom. The number of hydrogen-bond acceptors (Lipinski definition) is 2. The van der Waals surface area contributed by atoms with E-state index in [0.717, 1.165) is 12.8 Å². The lowest BCUT2D eigenvalue weighted by atomic mass is 10.0. The second kappa shape index (κ2) is 55.5. The Morgan fingerprint density at radius 2 is 0.373 bits per heavy atom. The van der Waals surface area contributed by atoms with Gasteiger partial charge < -0.3 is 4.74 Å². The Morgan fingerprint density at radius 1 is 0.220 bits per heavy atom. The Balaban J connectivity index is 3.14. The molecule has 0 aromatic rings. The SMILES string of the molecule is CCCCCCCCCCCCCCCCCCCCCCCCCCCCCCCCOC(=O)CCCCCCCCCCCCCCCCCCCCCCCC. The van der Waals surface area contributed by atoms with Crippen LogP contribution < -0.4 is 0 Å². The maximum absolute atomic E-state index is 12.1. The number of unbranched alkanes of at least 4 members (excludes halogenated alkanes) is 50. The van der Waals surface area contributed by atoms with E-state index in [9.17, 15) is 4.79 Å². The van der Waals surface area contributed by atoms with Gasteiger partial charge in [-0.1, -0.05) is 335 Å². The molecule has 354 valence electrons. The highest BCUT2D eigenvalue weighted by Crippen LogP contribution is 2.18. The minimum absolute atomic E-state index is 0.0357. The van der Waals surface area contributed by atoms with Crippen LogP contribution in [0.2, 0.25) is 0 Å². The lowest BCUT2D eigenvalue weighted by Gasteiger charge is -2.06. The third kappa shape index (κ3) is 55.5. The van der Waals surface area contributed by atoms with Crippen molar-refractivity contribution >= 4 is 5.97 Å². The molecule has 0 aromatic carbocycles. The van der Waals surface area contributed by atoms with Gasteiger partial charge in [-0.15, -0.1) is 0 Å². The van der Waals surface area contributed by atoms with Crippen molar-refractivity contribution in [1.29, 1.82) is 0 Å². The van der Waals surface area contributed by atoms with Crippen LogP contribution in [-0.4, -0.2) is 12.6 Å².